The fourth-order valence-electron chi connectivity index (χ4n) is 5.73. The molecule has 3 aromatic carbocycles. The largest absolute Gasteiger partial charge is 0.352 e. The van der Waals surface area contributed by atoms with Crippen LogP contribution in [0, 0.1) is 0 Å². The Kier molecular flexibility index (Phi) is 11.4. The lowest BCUT2D eigenvalue weighted by molar-refractivity contribution is -0.140. The number of hydrogen-bond acceptors (Lipinski definition) is 4. The summed E-state index contributed by atoms with van der Waals surface area (Å²) in [4.78, 5) is 30.0. The molecule has 1 fully saturated rings. The Morgan fingerprint density at radius 2 is 1.56 bits per heavy atom. The molecule has 0 bridgehead atoms. The van der Waals surface area contributed by atoms with Crippen molar-refractivity contribution in [1.29, 1.82) is 0 Å². The molecule has 3 aromatic rings. The van der Waals surface area contributed by atoms with Gasteiger partial charge in [0.05, 0.1) is 11.9 Å². The van der Waals surface area contributed by atoms with Gasteiger partial charge < -0.3 is 10.2 Å². The molecule has 7 nitrogen and oxygen atoms in total. The van der Waals surface area contributed by atoms with Crippen molar-refractivity contribution >= 4 is 43.5 Å². The summed E-state index contributed by atoms with van der Waals surface area (Å²) >= 11 is 3.52. The lowest BCUT2D eigenvalue weighted by Gasteiger charge is -2.35. The van der Waals surface area contributed by atoms with E-state index in [0.29, 0.717) is 12.1 Å². The molecule has 0 aromatic heterocycles. The molecule has 1 atom stereocenters. The molecule has 230 valence electrons. The number of nitrogens with zero attached hydrogens (tertiary/aromatic N) is 2. The van der Waals surface area contributed by atoms with Crippen LogP contribution in [0.4, 0.5) is 5.69 Å². The zero-order valence-corrected chi connectivity index (χ0v) is 27.6. The number of sulfonamides is 1. The van der Waals surface area contributed by atoms with Crippen LogP contribution in [0.3, 0.4) is 0 Å². The molecule has 1 aliphatic rings. The molecular weight excluding hydrogens is 626 g/mol. The molecule has 0 radical (unpaired) electrons. The van der Waals surface area contributed by atoms with E-state index in [1.165, 1.54) is 4.31 Å². The van der Waals surface area contributed by atoms with Crippen LogP contribution in [-0.4, -0.2) is 50.0 Å². The van der Waals surface area contributed by atoms with Crippen molar-refractivity contribution in [3.8, 4) is 0 Å². The van der Waals surface area contributed by atoms with Gasteiger partial charge in [0.15, 0.2) is 0 Å². The molecular formula is C34H42BrN3O4S. The van der Waals surface area contributed by atoms with Crippen molar-refractivity contribution in [2.75, 3.05) is 17.1 Å². The zero-order chi connectivity index (χ0) is 31.0. The van der Waals surface area contributed by atoms with Gasteiger partial charge in [-0.05, 0) is 53.6 Å². The minimum atomic E-state index is -3.83. The Bertz CT molecular complexity index is 1490. The number of benzene rings is 3. The minimum Gasteiger partial charge on any atom is -0.352 e. The van der Waals surface area contributed by atoms with Gasteiger partial charge in [0, 0.05) is 23.5 Å². The van der Waals surface area contributed by atoms with Gasteiger partial charge in [-0.3, -0.25) is 13.9 Å². The van der Waals surface area contributed by atoms with Crippen LogP contribution in [0.1, 0.15) is 68.6 Å². The molecule has 1 aliphatic carbocycles. The molecule has 9 heteroatoms. The first kappa shape index (κ1) is 32.7. The smallest absolute Gasteiger partial charge is 0.244 e. The molecule has 1 saturated carbocycles. The lowest BCUT2D eigenvalue weighted by Crippen LogP contribution is -2.55. The molecule has 0 aliphatic heterocycles. The summed E-state index contributed by atoms with van der Waals surface area (Å²) < 4.78 is 28.4. The van der Waals surface area contributed by atoms with Gasteiger partial charge in [-0.15, -0.1) is 0 Å². The Morgan fingerprint density at radius 3 is 2.21 bits per heavy atom. The number of halogens is 1. The normalized spacial score (nSPS) is 14.7. The lowest BCUT2D eigenvalue weighted by atomic mass is 9.94. The summed E-state index contributed by atoms with van der Waals surface area (Å²) in [7, 11) is -3.83. The van der Waals surface area contributed by atoms with Crippen LogP contribution >= 0.6 is 15.9 Å². The van der Waals surface area contributed by atoms with E-state index in [1.54, 1.807) is 17.0 Å². The Morgan fingerprint density at radius 1 is 0.907 bits per heavy atom. The van der Waals surface area contributed by atoms with E-state index in [9.17, 15) is 18.0 Å². The quantitative estimate of drug-likeness (QED) is 0.241. The number of nitrogens with one attached hydrogen (secondary N) is 1. The highest BCUT2D eigenvalue weighted by Crippen LogP contribution is 2.29. The van der Waals surface area contributed by atoms with Crippen LogP contribution in [0.2, 0.25) is 0 Å². The number of carbonyl (C=O) groups is 2. The van der Waals surface area contributed by atoms with E-state index in [0.717, 1.165) is 59.5 Å². The first-order chi connectivity index (χ1) is 20.5. The fraction of sp³-hybridized carbons (Fsp3) is 0.412. The van der Waals surface area contributed by atoms with Gasteiger partial charge in [-0.25, -0.2) is 8.42 Å². The van der Waals surface area contributed by atoms with E-state index >= 15 is 0 Å². The van der Waals surface area contributed by atoms with Crippen LogP contribution in [0.15, 0.2) is 83.3 Å². The summed E-state index contributed by atoms with van der Waals surface area (Å²) in [5.41, 5.74) is 3.06. The SMILES string of the molecule is CC(C)c1ccccc1N(CC(=O)N(Cc1cccc(Br)c1)C(Cc1ccccc1)C(=O)NC1CCCCC1)S(C)(=O)=O. The van der Waals surface area contributed by atoms with Crippen molar-refractivity contribution in [3.63, 3.8) is 0 Å². The van der Waals surface area contributed by atoms with Gasteiger partial charge in [-0.1, -0.05) is 110 Å². The van der Waals surface area contributed by atoms with Crippen molar-refractivity contribution in [3.05, 3.63) is 100 Å². The summed E-state index contributed by atoms with van der Waals surface area (Å²) in [6.07, 6.45) is 6.54. The van der Waals surface area contributed by atoms with E-state index in [-0.39, 0.29) is 24.4 Å². The molecule has 0 heterocycles. The van der Waals surface area contributed by atoms with Crippen molar-refractivity contribution < 1.29 is 18.0 Å². The monoisotopic (exact) mass is 667 g/mol. The zero-order valence-electron chi connectivity index (χ0n) is 25.2. The maximum atomic E-state index is 14.4. The number of hydrogen-bond donors (Lipinski definition) is 1. The average molecular weight is 669 g/mol. The highest BCUT2D eigenvalue weighted by atomic mass is 79.9. The third-order valence-electron chi connectivity index (χ3n) is 7.97. The van der Waals surface area contributed by atoms with Crippen LogP contribution in [0.25, 0.3) is 0 Å². The van der Waals surface area contributed by atoms with Crippen LogP contribution in [-0.2, 0) is 32.6 Å². The molecule has 43 heavy (non-hydrogen) atoms. The minimum absolute atomic E-state index is 0.0421. The maximum Gasteiger partial charge on any atom is 0.244 e. The predicted octanol–water partition coefficient (Wildman–Crippen LogP) is 6.43. The highest BCUT2D eigenvalue weighted by Gasteiger charge is 2.34. The van der Waals surface area contributed by atoms with Gasteiger partial charge in [-0.2, -0.15) is 0 Å². The third kappa shape index (κ3) is 9.16. The highest BCUT2D eigenvalue weighted by molar-refractivity contribution is 9.10. The van der Waals surface area contributed by atoms with E-state index in [1.807, 2.05) is 80.6 Å². The average Bonchev–Trinajstić information content (AvgIpc) is 2.98. The Balaban J connectivity index is 1.75. The Labute approximate surface area is 264 Å². The van der Waals surface area contributed by atoms with E-state index in [4.69, 9.17) is 0 Å². The number of rotatable bonds is 12. The second-order valence-electron chi connectivity index (χ2n) is 11.7. The topological polar surface area (TPSA) is 86.8 Å². The number of anilines is 1. The molecule has 1 unspecified atom stereocenters. The summed E-state index contributed by atoms with van der Waals surface area (Å²) in [6.45, 7) is 3.72. The first-order valence-electron chi connectivity index (χ1n) is 15.0. The van der Waals surface area contributed by atoms with E-state index < -0.39 is 28.5 Å². The third-order valence-corrected chi connectivity index (χ3v) is 9.59. The van der Waals surface area contributed by atoms with Gasteiger partial charge in [0.1, 0.15) is 12.6 Å². The molecule has 2 amide bonds. The van der Waals surface area contributed by atoms with Crippen molar-refractivity contribution in [2.24, 2.45) is 0 Å². The molecule has 0 saturated heterocycles. The molecule has 0 spiro atoms. The first-order valence-corrected chi connectivity index (χ1v) is 17.6. The second kappa shape index (κ2) is 15.0. The molecule has 4 rings (SSSR count). The fourth-order valence-corrected chi connectivity index (χ4v) is 7.04. The number of amides is 2. The van der Waals surface area contributed by atoms with Gasteiger partial charge in [0.2, 0.25) is 21.8 Å². The number of carbonyl (C=O) groups excluding carboxylic acids is 2. The van der Waals surface area contributed by atoms with Crippen molar-refractivity contribution in [1.82, 2.24) is 10.2 Å². The van der Waals surface area contributed by atoms with E-state index in [2.05, 4.69) is 21.2 Å². The summed E-state index contributed by atoms with van der Waals surface area (Å²) in [6, 6.07) is 23.8. The van der Waals surface area contributed by atoms with Gasteiger partial charge in [0.25, 0.3) is 0 Å². The maximum absolute atomic E-state index is 14.4. The summed E-state index contributed by atoms with van der Waals surface area (Å²) in [5.74, 6) is -0.614. The second-order valence-corrected chi connectivity index (χ2v) is 14.5. The molecule has 1 N–H and O–H groups in total. The van der Waals surface area contributed by atoms with Crippen LogP contribution < -0.4 is 9.62 Å². The van der Waals surface area contributed by atoms with Crippen molar-refractivity contribution in [2.45, 2.75) is 76.9 Å². The predicted molar refractivity (Wildman–Crippen MR) is 176 cm³/mol. The van der Waals surface area contributed by atoms with Crippen LogP contribution in [0.5, 0.6) is 0 Å². The summed E-state index contributed by atoms with van der Waals surface area (Å²) in [5, 5.41) is 3.24. The van der Waals surface area contributed by atoms with Gasteiger partial charge >= 0.3 is 0 Å². The number of para-hydroxylation sites is 1. The standard InChI is InChI=1S/C34H42BrN3O4S/c1-25(2)30-19-10-11-20-31(30)38(43(3,41)42)24-33(39)37(23-27-15-12-16-28(35)21-27)32(22-26-13-6-4-7-14-26)34(40)36-29-17-8-5-9-18-29/h4,6-7,10-16,19-21,25,29,32H,5,8-9,17-18,22-24H2,1-3H3,(H,36,40). The Hall–Kier alpha value is -3.17.